The molecule has 242 valence electrons. The summed E-state index contributed by atoms with van der Waals surface area (Å²) in [6.07, 6.45) is 19.4. The van der Waals surface area contributed by atoms with Gasteiger partial charge in [0.1, 0.15) is 0 Å². The predicted octanol–water partition coefficient (Wildman–Crippen LogP) is 7.57. The number of carbonyl (C=O) groups is 2. The molecule has 1 heterocycles. The fourth-order valence-electron chi connectivity index (χ4n) is 6.49. The van der Waals surface area contributed by atoms with Gasteiger partial charge in [0.05, 0.1) is 0 Å². The van der Waals surface area contributed by atoms with Crippen molar-refractivity contribution in [1.29, 1.82) is 0 Å². The van der Waals surface area contributed by atoms with Crippen LogP contribution in [0.2, 0.25) is 4.82 Å². The number of hydrogen-bond donors (Lipinski definition) is 0. The zero-order valence-corrected chi connectivity index (χ0v) is 28.8. The Morgan fingerprint density at radius 3 is 2.56 bits per heavy atom. The van der Waals surface area contributed by atoms with E-state index in [1.807, 2.05) is 18.2 Å². The number of esters is 2. The molecule has 6 nitrogen and oxygen atoms in total. The van der Waals surface area contributed by atoms with Gasteiger partial charge in [-0.1, -0.05) is 33.1 Å². The zero-order chi connectivity index (χ0) is 30.9. The summed E-state index contributed by atoms with van der Waals surface area (Å²) in [6, 6.07) is 10.3. The molecule has 0 spiro atoms. The van der Waals surface area contributed by atoms with Crippen molar-refractivity contribution in [3.63, 3.8) is 0 Å². The summed E-state index contributed by atoms with van der Waals surface area (Å²) in [5.74, 6) is 0.999. The van der Waals surface area contributed by atoms with Gasteiger partial charge in [-0.2, -0.15) is 0 Å². The van der Waals surface area contributed by atoms with E-state index in [0.29, 0.717) is 17.8 Å². The summed E-state index contributed by atoms with van der Waals surface area (Å²) >= 11 is 0.0609. The van der Waals surface area contributed by atoms with Crippen molar-refractivity contribution >= 4 is 31.4 Å². The minimum atomic E-state index is -0.191. The van der Waals surface area contributed by atoms with Crippen LogP contribution in [-0.2, 0) is 28.5 Å². The maximum atomic E-state index is 12.5. The molecular formula is C36H56O6Se. The Kier molecular flexibility index (Phi) is 17.0. The number of unbranched alkanes of at least 4 members (excludes halogenated alkanes) is 3. The van der Waals surface area contributed by atoms with Crippen LogP contribution < -0.4 is 4.46 Å². The van der Waals surface area contributed by atoms with E-state index in [9.17, 15) is 9.59 Å². The first-order chi connectivity index (χ1) is 20.9. The van der Waals surface area contributed by atoms with E-state index in [0.717, 1.165) is 77.2 Å². The van der Waals surface area contributed by atoms with E-state index in [4.69, 9.17) is 18.9 Å². The second-order valence-corrected chi connectivity index (χ2v) is 15.1. The van der Waals surface area contributed by atoms with Crippen LogP contribution in [0.25, 0.3) is 0 Å². The van der Waals surface area contributed by atoms with E-state index in [-0.39, 0.29) is 50.2 Å². The second-order valence-electron chi connectivity index (χ2n) is 12.5. The van der Waals surface area contributed by atoms with E-state index < -0.39 is 0 Å². The Morgan fingerprint density at radius 2 is 1.86 bits per heavy atom. The molecule has 0 aromatic heterocycles. The average molecular weight is 664 g/mol. The number of methoxy groups -OCH3 is 1. The van der Waals surface area contributed by atoms with Gasteiger partial charge < -0.3 is 4.74 Å². The number of rotatable bonds is 19. The second kappa shape index (κ2) is 20.4. The molecule has 1 aromatic carbocycles. The Balaban J connectivity index is 1.57. The van der Waals surface area contributed by atoms with Gasteiger partial charge >= 0.3 is 192 Å². The van der Waals surface area contributed by atoms with Crippen molar-refractivity contribution in [1.82, 2.24) is 0 Å². The molecule has 2 unspecified atom stereocenters. The summed E-state index contributed by atoms with van der Waals surface area (Å²) in [7, 11) is 1.49. The topological polar surface area (TPSA) is 71.1 Å². The molecule has 0 radical (unpaired) electrons. The number of allylic oxidation sites excluding steroid dienone is 1. The first-order valence-corrected chi connectivity index (χ1v) is 18.7. The molecule has 0 bridgehead atoms. The van der Waals surface area contributed by atoms with Crippen molar-refractivity contribution in [2.24, 2.45) is 17.8 Å². The molecule has 7 atom stereocenters. The molecular weight excluding hydrogens is 607 g/mol. The number of carbonyl (C=O) groups excluding carboxylic acids is 2. The molecule has 3 rings (SSSR count). The third-order valence-electron chi connectivity index (χ3n) is 8.84. The SMILES string of the molecule is CCCC[C@H](C)C[C@@H](/C=C/[C@H]1CC[C@H](OC(C)=O)[C@@H]1CCCCCC([Se]c1ccccc1)C(=O)OC)OC1CCCCO1. The van der Waals surface area contributed by atoms with E-state index in [2.05, 4.69) is 38.1 Å². The summed E-state index contributed by atoms with van der Waals surface area (Å²) in [6.45, 7) is 6.89. The van der Waals surface area contributed by atoms with Gasteiger partial charge in [-0.05, 0) is 25.2 Å². The van der Waals surface area contributed by atoms with Gasteiger partial charge in [0, 0.05) is 6.61 Å². The van der Waals surface area contributed by atoms with Crippen molar-refractivity contribution in [2.45, 2.75) is 134 Å². The molecule has 1 aliphatic carbocycles. The van der Waals surface area contributed by atoms with Crippen LogP contribution in [0.3, 0.4) is 0 Å². The van der Waals surface area contributed by atoms with Crippen molar-refractivity contribution in [3.8, 4) is 0 Å². The van der Waals surface area contributed by atoms with Crippen LogP contribution in [-0.4, -0.2) is 59.1 Å². The Bertz CT molecular complexity index is 946. The zero-order valence-electron chi connectivity index (χ0n) is 27.0. The summed E-state index contributed by atoms with van der Waals surface area (Å²) in [5.41, 5.74) is 0. The molecule has 2 aliphatic rings. The standard InChI is InChI=1S/C36H56O6Se/c1-5-6-15-27(2)26-30(42-35-20-13-14-25-40-35)23-21-29-22-24-33(41-28(3)37)32(29)18-11-8-12-19-34(36(38)39-4)43-31-16-9-7-10-17-31/h7,9-10,16-17,21,23,27,29-30,32-35H,5-6,8,11-15,18-20,22,24-26H2,1-4H3/b23-21+/t27-,29-,30+,32+,33-,34?,35?/m0/s1. The van der Waals surface area contributed by atoms with Gasteiger partial charge in [-0.25, -0.2) is 0 Å². The molecule has 1 aromatic rings. The molecule has 2 fully saturated rings. The van der Waals surface area contributed by atoms with Crippen LogP contribution in [0, 0.1) is 17.8 Å². The van der Waals surface area contributed by atoms with Crippen LogP contribution in [0.1, 0.15) is 111 Å². The third kappa shape index (κ3) is 13.5. The predicted molar refractivity (Wildman–Crippen MR) is 173 cm³/mol. The van der Waals surface area contributed by atoms with E-state index in [1.54, 1.807) is 0 Å². The summed E-state index contributed by atoms with van der Waals surface area (Å²) in [4.78, 5) is 24.3. The van der Waals surface area contributed by atoms with Gasteiger partial charge in [-0.3, -0.25) is 0 Å². The molecule has 7 heteroatoms. The molecule has 1 saturated heterocycles. The Labute approximate surface area is 267 Å². The molecule has 1 aliphatic heterocycles. The third-order valence-corrected chi connectivity index (χ3v) is 11.5. The molecule has 0 amide bonds. The Morgan fingerprint density at radius 1 is 1.05 bits per heavy atom. The molecule has 43 heavy (non-hydrogen) atoms. The number of hydrogen-bond acceptors (Lipinski definition) is 6. The fourth-order valence-corrected chi connectivity index (χ4v) is 8.84. The van der Waals surface area contributed by atoms with Crippen molar-refractivity contribution in [3.05, 3.63) is 42.5 Å². The van der Waals surface area contributed by atoms with Gasteiger partial charge in [-0.15, -0.1) is 0 Å². The van der Waals surface area contributed by atoms with Crippen molar-refractivity contribution in [2.75, 3.05) is 13.7 Å². The first kappa shape index (κ1) is 35.8. The quantitative estimate of drug-likeness (QED) is 0.0659. The van der Waals surface area contributed by atoms with Crippen LogP contribution in [0.15, 0.2) is 42.5 Å². The summed E-state index contributed by atoms with van der Waals surface area (Å²) < 4.78 is 24.6. The molecule has 0 N–H and O–H groups in total. The first-order valence-electron chi connectivity index (χ1n) is 16.8. The summed E-state index contributed by atoms with van der Waals surface area (Å²) in [5, 5.41) is 0. The smallest absolute Gasteiger partial charge is 0.353 e. The van der Waals surface area contributed by atoms with Crippen LogP contribution in [0.4, 0.5) is 0 Å². The van der Waals surface area contributed by atoms with Gasteiger partial charge in [0.15, 0.2) is 6.29 Å². The monoisotopic (exact) mass is 664 g/mol. The minimum absolute atomic E-state index is 0.0269. The van der Waals surface area contributed by atoms with Crippen LogP contribution in [0.5, 0.6) is 0 Å². The fraction of sp³-hybridized carbons (Fsp3) is 0.722. The van der Waals surface area contributed by atoms with Crippen LogP contribution >= 0.6 is 0 Å². The normalized spacial score (nSPS) is 24.5. The maximum absolute atomic E-state index is 12.5. The average Bonchev–Trinajstić information content (AvgIpc) is 3.38. The number of ether oxygens (including phenoxy) is 4. The van der Waals surface area contributed by atoms with Gasteiger partial charge in [0.2, 0.25) is 0 Å². The van der Waals surface area contributed by atoms with E-state index >= 15 is 0 Å². The van der Waals surface area contributed by atoms with E-state index in [1.165, 1.54) is 37.8 Å². The number of benzene rings is 1. The van der Waals surface area contributed by atoms with Crippen molar-refractivity contribution < 1.29 is 28.5 Å². The molecule has 1 saturated carbocycles. The minimum Gasteiger partial charge on any atom is -0.353 e. The van der Waals surface area contributed by atoms with Gasteiger partial charge in [0.25, 0.3) is 0 Å². The Hall–Kier alpha value is -1.66.